The minimum Gasteiger partial charge on any atom is -0.292 e. The average molecular weight is 246 g/mol. The molecule has 1 aromatic carbocycles. The van der Waals surface area contributed by atoms with Gasteiger partial charge in [0.05, 0.1) is 5.52 Å². The fourth-order valence-electron chi connectivity index (χ4n) is 2.51. The lowest BCUT2D eigenvalue weighted by atomic mass is 9.90. The summed E-state index contributed by atoms with van der Waals surface area (Å²) in [5.41, 5.74) is 3.79. The smallest absolute Gasteiger partial charge is 0.181 e. The van der Waals surface area contributed by atoms with E-state index in [9.17, 15) is 4.79 Å². The summed E-state index contributed by atoms with van der Waals surface area (Å²) in [5, 5.41) is 1.77. The molecule has 0 saturated carbocycles. The maximum atomic E-state index is 11.9. The van der Waals surface area contributed by atoms with Crippen molar-refractivity contribution in [3.63, 3.8) is 0 Å². The second kappa shape index (κ2) is 3.81. The predicted molar refractivity (Wildman–Crippen MR) is 68.8 cm³/mol. The van der Waals surface area contributed by atoms with Crippen molar-refractivity contribution in [1.29, 1.82) is 0 Å². The number of pyridine rings is 1. The van der Waals surface area contributed by atoms with Crippen molar-refractivity contribution in [1.82, 2.24) is 4.98 Å². The van der Waals surface area contributed by atoms with Crippen molar-refractivity contribution in [3.05, 3.63) is 40.0 Å². The Labute approximate surface area is 105 Å². The normalized spacial score (nSPS) is 15.1. The van der Waals surface area contributed by atoms with Crippen molar-refractivity contribution >= 4 is 28.3 Å². The van der Waals surface area contributed by atoms with Crippen molar-refractivity contribution in [2.45, 2.75) is 26.2 Å². The van der Waals surface area contributed by atoms with Crippen LogP contribution in [0, 0.1) is 6.92 Å². The van der Waals surface area contributed by atoms with Crippen LogP contribution in [0.1, 0.15) is 34.5 Å². The molecule has 2 nitrogen and oxygen atoms in total. The van der Waals surface area contributed by atoms with Crippen molar-refractivity contribution in [2.24, 2.45) is 0 Å². The molecule has 0 bridgehead atoms. The van der Waals surface area contributed by atoms with E-state index in [1.807, 2.05) is 18.2 Å². The molecule has 0 amide bonds. The first-order valence-corrected chi connectivity index (χ1v) is 6.16. The van der Waals surface area contributed by atoms with Gasteiger partial charge in [-0.3, -0.25) is 4.79 Å². The zero-order valence-electron chi connectivity index (χ0n) is 9.59. The van der Waals surface area contributed by atoms with Gasteiger partial charge in [0.1, 0.15) is 5.69 Å². The largest absolute Gasteiger partial charge is 0.292 e. The van der Waals surface area contributed by atoms with Gasteiger partial charge < -0.3 is 0 Å². The molecule has 1 aliphatic carbocycles. The highest BCUT2D eigenvalue weighted by molar-refractivity contribution is 6.31. The zero-order chi connectivity index (χ0) is 12.0. The molecule has 0 radical (unpaired) electrons. The Hall–Kier alpha value is -1.41. The van der Waals surface area contributed by atoms with Crippen LogP contribution in [0.15, 0.2) is 18.2 Å². The van der Waals surface area contributed by atoms with Gasteiger partial charge >= 0.3 is 0 Å². The van der Waals surface area contributed by atoms with Gasteiger partial charge in [-0.2, -0.15) is 0 Å². The third kappa shape index (κ3) is 1.64. The van der Waals surface area contributed by atoms with E-state index in [0.717, 1.165) is 34.9 Å². The summed E-state index contributed by atoms with van der Waals surface area (Å²) in [6, 6.07) is 5.63. The SMILES string of the molecule is Cc1c2c(nc3ccc(Cl)cc13)C(=O)CCC2. The fraction of sp³-hybridized carbons (Fsp3) is 0.286. The van der Waals surface area contributed by atoms with Crippen LogP contribution in [0.3, 0.4) is 0 Å². The molecule has 0 spiro atoms. The number of aryl methyl sites for hydroxylation is 1. The number of carbonyl (C=O) groups excluding carboxylic acids is 1. The van der Waals surface area contributed by atoms with E-state index in [2.05, 4.69) is 11.9 Å². The number of rotatable bonds is 0. The van der Waals surface area contributed by atoms with E-state index in [4.69, 9.17) is 11.6 Å². The Balaban J connectivity index is 2.39. The van der Waals surface area contributed by atoms with Gasteiger partial charge in [-0.15, -0.1) is 0 Å². The highest BCUT2D eigenvalue weighted by atomic mass is 35.5. The van der Waals surface area contributed by atoms with Gasteiger partial charge in [0.25, 0.3) is 0 Å². The Bertz CT molecular complexity index is 634. The third-order valence-electron chi connectivity index (χ3n) is 3.43. The summed E-state index contributed by atoms with van der Waals surface area (Å²) in [6.45, 7) is 2.05. The van der Waals surface area contributed by atoms with Crippen LogP contribution in [0.25, 0.3) is 10.9 Å². The number of ketones is 1. The molecule has 1 heterocycles. The number of fused-ring (bicyclic) bond motifs is 2. The number of aromatic nitrogens is 1. The van der Waals surface area contributed by atoms with Crippen molar-refractivity contribution in [3.8, 4) is 0 Å². The first kappa shape index (κ1) is 10.7. The molecule has 0 unspecified atom stereocenters. The molecule has 0 atom stereocenters. The Morgan fingerprint density at radius 2 is 2.12 bits per heavy atom. The highest BCUT2D eigenvalue weighted by Gasteiger charge is 2.21. The van der Waals surface area contributed by atoms with Gasteiger partial charge in [0, 0.05) is 16.8 Å². The quantitative estimate of drug-likeness (QED) is 0.708. The molecule has 86 valence electrons. The molecule has 17 heavy (non-hydrogen) atoms. The van der Waals surface area contributed by atoms with E-state index >= 15 is 0 Å². The van der Waals surface area contributed by atoms with Crippen LogP contribution in [0.2, 0.25) is 5.02 Å². The molecule has 1 aliphatic rings. The maximum Gasteiger partial charge on any atom is 0.181 e. The van der Waals surface area contributed by atoms with E-state index in [0.29, 0.717) is 17.1 Å². The lowest BCUT2D eigenvalue weighted by molar-refractivity contribution is 0.0967. The van der Waals surface area contributed by atoms with E-state index in [1.54, 1.807) is 0 Å². The topological polar surface area (TPSA) is 30.0 Å². The second-order valence-corrected chi connectivity index (χ2v) is 4.94. The fourth-order valence-corrected chi connectivity index (χ4v) is 2.69. The first-order valence-electron chi connectivity index (χ1n) is 5.79. The summed E-state index contributed by atoms with van der Waals surface area (Å²) >= 11 is 6.01. The number of hydrogen-bond acceptors (Lipinski definition) is 2. The molecule has 0 N–H and O–H groups in total. The second-order valence-electron chi connectivity index (χ2n) is 4.50. The van der Waals surface area contributed by atoms with E-state index in [-0.39, 0.29) is 5.78 Å². The van der Waals surface area contributed by atoms with Gasteiger partial charge in [-0.1, -0.05) is 11.6 Å². The molecule has 0 aliphatic heterocycles. The molecule has 3 rings (SSSR count). The first-order chi connectivity index (χ1) is 8.16. The van der Waals surface area contributed by atoms with Crippen LogP contribution in [-0.2, 0) is 6.42 Å². The number of halogens is 1. The molecule has 0 saturated heterocycles. The highest BCUT2D eigenvalue weighted by Crippen LogP contribution is 2.29. The zero-order valence-corrected chi connectivity index (χ0v) is 10.3. The number of benzene rings is 1. The Kier molecular flexibility index (Phi) is 2.40. The molecule has 1 aromatic heterocycles. The molecular weight excluding hydrogens is 234 g/mol. The number of nitrogens with zero attached hydrogens (tertiary/aromatic N) is 1. The minimum atomic E-state index is 0.172. The van der Waals surface area contributed by atoms with Crippen molar-refractivity contribution in [2.75, 3.05) is 0 Å². The van der Waals surface area contributed by atoms with E-state index < -0.39 is 0 Å². The van der Waals surface area contributed by atoms with Crippen LogP contribution < -0.4 is 0 Å². The molecule has 2 aromatic rings. The van der Waals surface area contributed by atoms with Gasteiger partial charge in [0.2, 0.25) is 0 Å². The standard InChI is InChI=1S/C14H12ClNO/c1-8-10-3-2-4-13(17)14(10)16-12-6-5-9(15)7-11(8)12/h5-7H,2-4H2,1H3. The monoisotopic (exact) mass is 245 g/mol. The number of hydrogen-bond donors (Lipinski definition) is 0. The molecule has 0 fully saturated rings. The molecule has 3 heteroatoms. The van der Waals surface area contributed by atoms with Crippen LogP contribution in [0.5, 0.6) is 0 Å². The lowest BCUT2D eigenvalue weighted by Crippen LogP contribution is -2.14. The summed E-state index contributed by atoms with van der Waals surface area (Å²) in [4.78, 5) is 16.4. The summed E-state index contributed by atoms with van der Waals surface area (Å²) in [7, 11) is 0. The lowest BCUT2D eigenvalue weighted by Gasteiger charge is -2.17. The van der Waals surface area contributed by atoms with Gasteiger partial charge in [-0.25, -0.2) is 4.98 Å². The maximum absolute atomic E-state index is 11.9. The van der Waals surface area contributed by atoms with Crippen LogP contribution in [-0.4, -0.2) is 10.8 Å². The third-order valence-corrected chi connectivity index (χ3v) is 3.66. The average Bonchev–Trinajstić information content (AvgIpc) is 2.32. The van der Waals surface area contributed by atoms with Gasteiger partial charge in [0.15, 0.2) is 5.78 Å². The summed E-state index contributed by atoms with van der Waals surface area (Å²) in [6.07, 6.45) is 2.50. The van der Waals surface area contributed by atoms with E-state index in [1.165, 1.54) is 0 Å². The van der Waals surface area contributed by atoms with Crippen LogP contribution in [0.4, 0.5) is 0 Å². The minimum absolute atomic E-state index is 0.172. The number of carbonyl (C=O) groups is 1. The molecular formula is C14H12ClNO. The number of Topliss-reactive ketones (excluding diaryl/α,β-unsaturated/α-hetero) is 1. The van der Waals surface area contributed by atoms with Crippen molar-refractivity contribution < 1.29 is 4.79 Å². The summed E-state index contributed by atoms with van der Waals surface area (Å²) in [5.74, 6) is 0.172. The van der Waals surface area contributed by atoms with Crippen LogP contribution >= 0.6 is 11.6 Å². The Morgan fingerprint density at radius 1 is 1.29 bits per heavy atom. The Morgan fingerprint density at radius 3 is 2.94 bits per heavy atom. The predicted octanol–water partition coefficient (Wildman–Crippen LogP) is 3.72. The van der Waals surface area contributed by atoms with Gasteiger partial charge in [-0.05, 0) is 49.1 Å². The summed E-state index contributed by atoms with van der Waals surface area (Å²) < 4.78 is 0.